The first-order valence-corrected chi connectivity index (χ1v) is 11.4. The number of rotatable bonds is 5. The van der Waals surface area contributed by atoms with Crippen LogP contribution in [0.3, 0.4) is 0 Å². The van der Waals surface area contributed by atoms with Crippen LogP contribution in [0, 0.1) is 0 Å². The molecular weight excluding hydrogens is 396 g/mol. The lowest BCUT2D eigenvalue weighted by molar-refractivity contribution is 0.0202. The van der Waals surface area contributed by atoms with E-state index >= 15 is 0 Å². The maximum atomic E-state index is 12.5. The van der Waals surface area contributed by atoms with Crippen molar-refractivity contribution < 1.29 is 27.2 Å². The number of carbonyl (C=O) groups is 1. The molecule has 1 aromatic rings. The Labute approximate surface area is 173 Å². The fraction of sp³-hybridized carbons (Fsp3) is 0.650. The molecule has 0 radical (unpaired) electrons. The highest BCUT2D eigenvalue weighted by atomic mass is 32.2. The minimum atomic E-state index is -3.62. The summed E-state index contributed by atoms with van der Waals surface area (Å²) in [6.07, 6.45) is 0.572. The lowest BCUT2D eigenvalue weighted by atomic mass is 9.98. The van der Waals surface area contributed by atoms with Crippen LogP contribution in [0.25, 0.3) is 0 Å². The number of hydrogen-bond acceptors (Lipinski definition) is 7. The third kappa shape index (κ3) is 7.17. The van der Waals surface area contributed by atoms with E-state index in [4.69, 9.17) is 8.92 Å². The Morgan fingerprint density at radius 3 is 2.21 bits per heavy atom. The number of amides is 1. The molecule has 0 aliphatic carbocycles. The standard InChI is InChI=1S/C20H32N2O6S/c1-19(2,3)28-18(23)21-11-12-22(17(13-21)14-27-29(6,25)26)16-9-7-15(8-10-16)20(4,5)24/h7-10,17,24H,11-14H2,1-6H3/t17-/m1/s1. The molecule has 2 rings (SSSR count). The number of aliphatic hydroxyl groups is 1. The molecule has 0 spiro atoms. The number of piperazine rings is 1. The quantitative estimate of drug-likeness (QED) is 0.719. The second kappa shape index (κ2) is 8.49. The normalized spacial score (nSPS) is 18.7. The molecule has 9 heteroatoms. The van der Waals surface area contributed by atoms with Crippen molar-refractivity contribution in [2.24, 2.45) is 0 Å². The van der Waals surface area contributed by atoms with Gasteiger partial charge in [0.05, 0.1) is 24.5 Å². The van der Waals surface area contributed by atoms with Crippen molar-refractivity contribution in [3.63, 3.8) is 0 Å². The van der Waals surface area contributed by atoms with E-state index in [9.17, 15) is 18.3 Å². The van der Waals surface area contributed by atoms with E-state index in [0.29, 0.717) is 13.1 Å². The van der Waals surface area contributed by atoms with Gasteiger partial charge in [-0.25, -0.2) is 4.79 Å². The summed E-state index contributed by atoms with van der Waals surface area (Å²) in [5.41, 5.74) is 0.0774. The molecule has 1 N–H and O–H groups in total. The SMILES string of the molecule is CC(C)(C)OC(=O)N1CCN(c2ccc(C(C)(C)O)cc2)[C@@H](COS(C)(=O)=O)C1. The Bertz CT molecular complexity index is 809. The monoisotopic (exact) mass is 428 g/mol. The zero-order valence-corrected chi connectivity index (χ0v) is 18.8. The topological polar surface area (TPSA) is 96.4 Å². The molecular formula is C20H32N2O6S. The van der Waals surface area contributed by atoms with Crippen LogP contribution in [-0.2, 0) is 24.6 Å². The molecule has 0 aromatic heterocycles. The predicted octanol–water partition coefficient (Wildman–Crippen LogP) is 2.32. The van der Waals surface area contributed by atoms with Gasteiger partial charge in [-0.2, -0.15) is 8.42 Å². The molecule has 8 nitrogen and oxygen atoms in total. The van der Waals surface area contributed by atoms with Crippen molar-refractivity contribution in [2.45, 2.75) is 51.9 Å². The predicted molar refractivity (Wildman–Crippen MR) is 111 cm³/mol. The Morgan fingerprint density at radius 1 is 1.14 bits per heavy atom. The van der Waals surface area contributed by atoms with Gasteiger partial charge in [-0.05, 0) is 52.3 Å². The molecule has 0 saturated carbocycles. The highest BCUT2D eigenvalue weighted by Gasteiger charge is 2.33. The van der Waals surface area contributed by atoms with Crippen molar-refractivity contribution >= 4 is 21.9 Å². The molecule has 1 amide bonds. The summed E-state index contributed by atoms with van der Waals surface area (Å²) < 4.78 is 33.5. The molecule has 1 fully saturated rings. The average molecular weight is 429 g/mol. The van der Waals surface area contributed by atoms with Crippen LogP contribution < -0.4 is 4.90 Å². The minimum Gasteiger partial charge on any atom is -0.444 e. The third-order valence-electron chi connectivity index (χ3n) is 4.51. The van der Waals surface area contributed by atoms with Gasteiger partial charge in [0.2, 0.25) is 0 Å². The second-order valence-corrected chi connectivity index (χ2v) is 10.5. The lowest BCUT2D eigenvalue weighted by Crippen LogP contribution is -2.57. The van der Waals surface area contributed by atoms with Gasteiger partial charge in [-0.1, -0.05) is 12.1 Å². The zero-order valence-electron chi connectivity index (χ0n) is 18.0. The van der Waals surface area contributed by atoms with Crippen molar-refractivity contribution in [3.05, 3.63) is 29.8 Å². The average Bonchev–Trinajstić information content (AvgIpc) is 2.57. The van der Waals surface area contributed by atoms with Gasteiger partial charge in [-0.3, -0.25) is 4.18 Å². The Balaban J connectivity index is 2.21. The summed E-state index contributed by atoms with van der Waals surface area (Å²) >= 11 is 0. The lowest BCUT2D eigenvalue weighted by Gasteiger charge is -2.42. The first kappa shape index (κ1) is 23.4. The first-order chi connectivity index (χ1) is 13.2. The molecule has 1 heterocycles. The van der Waals surface area contributed by atoms with Crippen molar-refractivity contribution in [1.82, 2.24) is 4.90 Å². The maximum absolute atomic E-state index is 12.5. The number of nitrogens with zero attached hydrogens (tertiary/aromatic N) is 2. The molecule has 1 aromatic carbocycles. The summed E-state index contributed by atoms with van der Waals surface area (Å²) in [5.74, 6) is 0. The van der Waals surface area contributed by atoms with Gasteiger partial charge in [0.15, 0.2) is 0 Å². The highest BCUT2D eigenvalue weighted by Crippen LogP contribution is 2.26. The molecule has 1 aliphatic rings. The fourth-order valence-corrected chi connectivity index (χ4v) is 3.50. The number of carbonyl (C=O) groups excluding carboxylic acids is 1. The summed E-state index contributed by atoms with van der Waals surface area (Å²) in [6, 6.07) is 7.07. The number of ether oxygens (including phenoxy) is 1. The van der Waals surface area contributed by atoms with Gasteiger partial charge < -0.3 is 19.6 Å². The van der Waals surface area contributed by atoms with Gasteiger partial charge in [0, 0.05) is 25.3 Å². The van der Waals surface area contributed by atoms with Crippen molar-refractivity contribution in [1.29, 1.82) is 0 Å². The summed E-state index contributed by atoms with van der Waals surface area (Å²) in [5, 5.41) is 10.1. The van der Waals surface area contributed by atoms with Gasteiger partial charge in [0.25, 0.3) is 10.1 Å². The first-order valence-electron chi connectivity index (χ1n) is 9.57. The van der Waals surface area contributed by atoms with Crippen LogP contribution in [0.5, 0.6) is 0 Å². The Kier molecular flexibility index (Phi) is 6.86. The second-order valence-electron chi connectivity index (χ2n) is 8.87. The molecule has 1 atom stereocenters. The molecule has 1 saturated heterocycles. The highest BCUT2D eigenvalue weighted by molar-refractivity contribution is 7.85. The van der Waals surface area contributed by atoms with Gasteiger partial charge >= 0.3 is 6.09 Å². The van der Waals surface area contributed by atoms with Gasteiger partial charge in [-0.15, -0.1) is 0 Å². The maximum Gasteiger partial charge on any atom is 0.410 e. The van der Waals surface area contributed by atoms with Crippen LogP contribution in [0.4, 0.5) is 10.5 Å². The molecule has 164 valence electrons. The van der Waals surface area contributed by atoms with Crippen LogP contribution in [-0.4, -0.2) is 68.7 Å². The van der Waals surface area contributed by atoms with Crippen LogP contribution in [0.2, 0.25) is 0 Å². The number of benzene rings is 1. The van der Waals surface area contributed by atoms with Crippen LogP contribution in [0.15, 0.2) is 24.3 Å². The Hall–Kier alpha value is -1.84. The number of hydrogen-bond donors (Lipinski definition) is 1. The summed E-state index contributed by atoms with van der Waals surface area (Å²) in [6.45, 7) is 9.97. The summed E-state index contributed by atoms with van der Waals surface area (Å²) in [7, 11) is -3.62. The van der Waals surface area contributed by atoms with E-state index in [1.54, 1.807) is 39.5 Å². The van der Waals surface area contributed by atoms with Crippen molar-refractivity contribution in [3.8, 4) is 0 Å². The number of anilines is 1. The molecule has 1 aliphatic heterocycles. The molecule has 0 unspecified atom stereocenters. The van der Waals surface area contributed by atoms with Crippen LogP contribution >= 0.6 is 0 Å². The van der Waals surface area contributed by atoms with E-state index in [0.717, 1.165) is 17.5 Å². The van der Waals surface area contributed by atoms with E-state index in [2.05, 4.69) is 0 Å². The minimum absolute atomic E-state index is 0.0780. The smallest absolute Gasteiger partial charge is 0.410 e. The Morgan fingerprint density at radius 2 is 1.72 bits per heavy atom. The summed E-state index contributed by atoms with van der Waals surface area (Å²) in [4.78, 5) is 16.0. The largest absolute Gasteiger partial charge is 0.444 e. The van der Waals surface area contributed by atoms with E-state index in [-0.39, 0.29) is 19.2 Å². The molecule has 29 heavy (non-hydrogen) atoms. The molecule has 0 bridgehead atoms. The fourth-order valence-electron chi connectivity index (χ4n) is 3.09. The van der Waals surface area contributed by atoms with Crippen LogP contribution in [0.1, 0.15) is 40.2 Å². The van der Waals surface area contributed by atoms with Gasteiger partial charge in [0.1, 0.15) is 5.60 Å². The zero-order chi connectivity index (χ0) is 22.0. The van der Waals surface area contributed by atoms with E-state index in [1.807, 2.05) is 29.2 Å². The van der Waals surface area contributed by atoms with E-state index in [1.165, 1.54) is 0 Å². The third-order valence-corrected chi connectivity index (χ3v) is 5.08. The van der Waals surface area contributed by atoms with Crippen molar-refractivity contribution in [2.75, 3.05) is 37.4 Å². The van der Waals surface area contributed by atoms with E-state index < -0.39 is 27.4 Å².